The quantitative estimate of drug-likeness (QED) is 0.192. The maximum absolute atomic E-state index is 15.0. The number of aryl methyl sites for hydroxylation is 1. The van der Waals surface area contributed by atoms with Crippen LogP contribution in [0.4, 0.5) is 30.7 Å². The van der Waals surface area contributed by atoms with E-state index >= 15 is 8.78 Å². The minimum Gasteiger partial charge on any atom is -0.364 e. The van der Waals surface area contributed by atoms with Crippen molar-refractivity contribution >= 4 is 23.6 Å². The van der Waals surface area contributed by atoms with Gasteiger partial charge < -0.3 is 21.7 Å². The average molecular weight is 669 g/mol. The van der Waals surface area contributed by atoms with Crippen molar-refractivity contribution in [1.82, 2.24) is 25.9 Å². The first-order valence-corrected chi connectivity index (χ1v) is 14.0. The number of primary amides is 1. The van der Waals surface area contributed by atoms with Crippen LogP contribution in [-0.2, 0) is 6.54 Å². The SMILES string of the molecule is Cc1cc(F)c(CNC(=O)c2cccc(C(=O)NCC3[C@@H](F)[C@@H](F)C(CNC(=O)c4cccc(C(N)=O)n4)[C@@H](F)[C@H]3F)n2)c(F)c1F. The van der Waals surface area contributed by atoms with Gasteiger partial charge in [0, 0.05) is 37.0 Å². The number of hydrogen-bond acceptors (Lipinski definition) is 6. The van der Waals surface area contributed by atoms with E-state index in [1.807, 2.05) is 0 Å². The second-order valence-corrected chi connectivity index (χ2v) is 10.7. The Labute approximate surface area is 262 Å². The largest absolute Gasteiger partial charge is 0.364 e. The number of carbonyl (C=O) groups is 4. The molecule has 2 heterocycles. The van der Waals surface area contributed by atoms with Gasteiger partial charge in [-0.1, -0.05) is 12.1 Å². The van der Waals surface area contributed by atoms with Gasteiger partial charge in [0.05, 0.1) is 0 Å². The molecule has 0 bridgehead atoms. The number of alkyl halides is 4. The first kappa shape index (κ1) is 34.8. The molecule has 1 aliphatic carbocycles. The number of amides is 4. The van der Waals surface area contributed by atoms with E-state index in [1.165, 1.54) is 24.3 Å². The summed E-state index contributed by atoms with van der Waals surface area (Å²) in [6.07, 6.45) is -10.4. The molecule has 5 N–H and O–H groups in total. The average Bonchev–Trinajstić information content (AvgIpc) is 3.06. The zero-order valence-corrected chi connectivity index (χ0v) is 24.4. The minimum absolute atomic E-state index is 0.255. The summed E-state index contributed by atoms with van der Waals surface area (Å²) in [5.74, 6) is -11.8. The van der Waals surface area contributed by atoms with E-state index in [0.717, 1.165) is 25.1 Å². The Kier molecular flexibility index (Phi) is 10.8. The number of nitrogens with one attached hydrogen (secondary N) is 3. The molecule has 2 unspecified atom stereocenters. The first-order chi connectivity index (χ1) is 22.2. The molecule has 1 saturated carbocycles. The number of pyridine rings is 2. The van der Waals surface area contributed by atoms with Gasteiger partial charge in [-0.3, -0.25) is 19.2 Å². The van der Waals surface area contributed by atoms with Gasteiger partial charge in [-0.2, -0.15) is 0 Å². The fourth-order valence-electron chi connectivity index (χ4n) is 4.91. The first-order valence-electron chi connectivity index (χ1n) is 14.0. The second kappa shape index (κ2) is 14.6. The molecule has 2 aromatic heterocycles. The van der Waals surface area contributed by atoms with Crippen LogP contribution in [0.25, 0.3) is 0 Å². The summed E-state index contributed by atoms with van der Waals surface area (Å²) >= 11 is 0. The molecule has 0 aliphatic heterocycles. The normalized spacial score (nSPS) is 22.3. The monoisotopic (exact) mass is 668 g/mol. The highest BCUT2D eigenvalue weighted by molar-refractivity contribution is 5.96. The van der Waals surface area contributed by atoms with Crippen molar-refractivity contribution in [1.29, 1.82) is 0 Å². The number of halogens is 7. The Morgan fingerprint density at radius 2 is 1.09 bits per heavy atom. The molecule has 17 heteroatoms. The lowest BCUT2D eigenvalue weighted by molar-refractivity contribution is -0.0752. The molecular formula is C30H27F7N6O4. The Balaban J connectivity index is 1.34. The maximum atomic E-state index is 15.0. The van der Waals surface area contributed by atoms with E-state index in [4.69, 9.17) is 5.73 Å². The third-order valence-electron chi connectivity index (χ3n) is 7.55. The molecule has 6 atom stereocenters. The van der Waals surface area contributed by atoms with Gasteiger partial charge in [0.25, 0.3) is 23.6 Å². The van der Waals surface area contributed by atoms with Crippen molar-refractivity contribution in [3.05, 3.63) is 93.8 Å². The van der Waals surface area contributed by atoms with Crippen LogP contribution in [-0.4, -0.2) is 71.4 Å². The smallest absolute Gasteiger partial charge is 0.270 e. The van der Waals surface area contributed by atoms with Crippen molar-refractivity contribution in [3.63, 3.8) is 0 Å². The van der Waals surface area contributed by atoms with Crippen LogP contribution in [0.3, 0.4) is 0 Å². The molecule has 0 saturated heterocycles. The van der Waals surface area contributed by atoms with Crippen LogP contribution in [0.1, 0.15) is 53.1 Å². The van der Waals surface area contributed by atoms with Gasteiger partial charge in [0.2, 0.25) is 0 Å². The zero-order chi connectivity index (χ0) is 34.6. The Morgan fingerprint density at radius 3 is 1.53 bits per heavy atom. The number of aromatic nitrogens is 2. The fourth-order valence-corrected chi connectivity index (χ4v) is 4.91. The van der Waals surface area contributed by atoms with Crippen LogP contribution >= 0.6 is 0 Å². The van der Waals surface area contributed by atoms with E-state index < -0.39 is 114 Å². The number of carbonyl (C=O) groups excluding carboxylic acids is 4. The lowest BCUT2D eigenvalue weighted by atomic mass is 9.76. The third-order valence-corrected chi connectivity index (χ3v) is 7.55. The molecule has 4 rings (SSSR count). The van der Waals surface area contributed by atoms with Crippen LogP contribution in [0.5, 0.6) is 0 Å². The summed E-state index contributed by atoms with van der Waals surface area (Å²) < 4.78 is 102. The van der Waals surface area contributed by atoms with E-state index in [0.29, 0.717) is 0 Å². The molecule has 250 valence electrons. The number of rotatable bonds is 10. The summed E-state index contributed by atoms with van der Waals surface area (Å²) in [5, 5.41) is 6.40. The molecule has 0 spiro atoms. The van der Waals surface area contributed by atoms with Crippen molar-refractivity contribution in [3.8, 4) is 0 Å². The summed E-state index contributed by atoms with van der Waals surface area (Å²) in [6.45, 7) is -1.30. The number of hydrogen-bond donors (Lipinski definition) is 4. The molecule has 47 heavy (non-hydrogen) atoms. The predicted octanol–water partition coefficient (Wildman–Crippen LogP) is 2.99. The highest BCUT2D eigenvalue weighted by Crippen LogP contribution is 2.37. The molecule has 1 aliphatic rings. The highest BCUT2D eigenvalue weighted by Gasteiger charge is 2.52. The summed E-state index contributed by atoms with van der Waals surface area (Å²) in [7, 11) is 0. The van der Waals surface area contributed by atoms with Crippen molar-refractivity contribution in [2.24, 2.45) is 17.6 Å². The van der Waals surface area contributed by atoms with Crippen LogP contribution < -0.4 is 21.7 Å². The summed E-state index contributed by atoms with van der Waals surface area (Å²) in [6, 6.07) is 7.90. The minimum atomic E-state index is -2.60. The number of benzene rings is 1. The highest BCUT2D eigenvalue weighted by atomic mass is 19.2. The van der Waals surface area contributed by atoms with Gasteiger partial charge >= 0.3 is 0 Å². The summed E-state index contributed by atoms with van der Waals surface area (Å²) in [4.78, 5) is 56.3. The van der Waals surface area contributed by atoms with Crippen molar-refractivity contribution in [2.75, 3.05) is 13.1 Å². The van der Waals surface area contributed by atoms with Crippen LogP contribution in [0, 0.1) is 36.2 Å². The second-order valence-electron chi connectivity index (χ2n) is 10.7. The van der Waals surface area contributed by atoms with Gasteiger partial charge in [0.1, 0.15) is 53.3 Å². The molecule has 10 nitrogen and oxygen atoms in total. The Hall–Kier alpha value is -5.09. The van der Waals surface area contributed by atoms with Gasteiger partial charge in [-0.25, -0.2) is 40.7 Å². The van der Waals surface area contributed by atoms with Gasteiger partial charge in [-0.15, -0.1) is 0 Å². The maximum Gasteiger partial charge on any atom is 0.270 e. The third kappa shape index (κ3) is 7.66. The topological polar surface area (TPSA) is 156 Å². The molecule has 3 aromatic rings. The molecule has 1 fully saturated rings. The standard InChI is InChI=1S/C30H27F7N6O4/c1-12-8-16(31)13(22(33)21(12)32)9-39-29(46)19-6-3-7-20(43-19)30(47)41-11-15-25(36)23(34)14(24(35)26(15)37)10-40-28(45)18-5-2-4-17(42-18)27(38)44/h2-8,14-15,23-26H,9-11H2,1H3,(H2,38,44)(H,39,46)(H,40,45)(H,41,47)/t14?,15?,23-,24+,25+,26-. The number of nitrogens with zero attached hydrogens (tertiary/aromatic N) is 2. The zero-order valence-electron chi connectivity index (χ0n) is 24.4. The van der Waals surface area contributed by atoms with Crippen LogP contribution in [0.2, 0.25) is 0 Å². The molecule has 0 radical (unpaired) electrons. The van der Waals surface area contributed by atoms with Crippen molar-refractivity contribution < 1.29 is 49.9 Å². The Morgan fingerprint density at radius 1 is 0.681 bits per heavy atom. The fraction of sp³-hybridized carbons (Fsp3) is 0.333. The number of nitrogens with two attached hydrogens (primary N) is 1. The van der Waals surface area contributed by atoms with E-state index in [1.54, 1.807) is 0 Å². The molecule has 1 aromatic carbocycles. The van der Waals surface area contributed by atoms with Gasteiger partial charge in [0.15, 0.2) is 11.6 Å². The molecule has 4 amide bonds. The van der Waals surface area contributed by atoms with Crippen LogP contribution in [0.15, 0.2) is 42.5 Å². The van der Waals surface area contributed by atoms with E-state index in [-0.39, 0.29) is 17.0 Å². The lowest BCUT2D eigenvalue weighted by Crippen LogP contribution is -2.57. The predicted molar refractivity (Wildman–Crippen MR) is 150 cm³/mol. The lowest BCUT2D eigenvalue weighted by Gasteiger charge is -2.39. The van der Waals surface area contributed by atoms with E-state index in [9.17, 15) is 41.1 Å². The van der Waals surface area contributed by atoms with Gasteiger partial charge in [-0.05, 0) is 42.8 Å². The van der Waals surface area contributed by atoms with E-state index in [2.05, 4.69) is 25.9 Å². The van der Waals surface area contributed by atoms with Crippen molar-refractivity contribution in [2.45, 2.75) is 38.2 Å². The summed E-state index contributed by atoms with van der Waals surface area (Å²) in [5.41, 5.74) is 2.64. The molecular weight excluding hydrogens is 641 g/mol. The Bertz CT molecular complexity index is 1680.